The second-order valence-corrected chi connectivity index (χ2v) is 4.89. The number of hydrogen-bond donors (Lipinski definition) is 1. The Labute approximate surface area is 111 Å². The molecule has 0 bridgehead atoms. The van der Waals surface area contributed by atoms with Crippen molar-refractivity contribution >= 4 is 5.91 Å². The van der Waals surface area contributed by atoms with Gasteiger partial charge in [0.05, 0.1) is 0 Å². The number of amides is 1. The molecule has 1 aliphatic heterocycles. The summed E-state index contributed by atoms with van der Waals surface area (Å²) in [5.41, 5.74) is 0.119. The van der Waals surface area contributed by atoms with Gasteiger partial charge in [0, 0.05) is 38.2 Å². The summed E-state index contributed by atoms with van der Waals surface area (Å²) in [6.45, 7) is 3.80. The smallest absolute Gasteiger partial charge is 0.274 e. The van der Waals surface area contributed by atoms with E-state index < -0.39 is 0 Å². The molecule has 0 aromatic carbocycles. The number of nitrogens with zero attached hydrogens (tertiary/aromatic N) is 3. The highest BCUT2D eigenvalue weighted by Crippen LogP contribution is 2.16. The summed E-state index contributed by atoms with van der Waals surface area (Å²) in [5, 5.41) is 13.0. The third kappa shape index (κ3) is 3.01. The third-order valence-corrected chi connectivity index (χ3v) is 3.31. The maximum Gasteiger partial charge on any atom is 0.274 e. The first kappa shape index (κ1) is 13.7. The lowest BCUT2D eigenvalue weighted by Gasteiger charge is -2.37. The predicted octanol–water partition coefficient (Wildman–Crippen LogP) is 0.108. The average molecular weight is 265 g/mol. The van der Waals surface area contributed by atoms with Gasteiger partial charge in [0.2, 0.25) is 0 Å². The van der Waals surface area contributed by atoms with Crippen molar-refractivity contribution in [3.63, 3.8) is 0 Å². The molecule has 0 spiro atoms. The summed E-state index contributed by atoms with van der Waals surface area (Å²) in [7, 11) is 0. The number of aliphatic hydroxyl groups excluding tert-OH is 1. The van der Waals surface area contributed by atoms with Crippen LogP contribution in [0.1, 0.15) is 30.3 Å². The van der Waals surface area contributed by atoms with Crippen LogP contribution in [-0.4, -0.2) is 45.4 Å². The molecule has 0 saturated carbocycles. The van der Waals surface area contributed by atoms with Crippen molar-refractivity contribution in [3.05, 3.63) is 28.2 Å². The molecule has 104 valence electrons. The Morgan fingerprint density at radius 2 is 2.21 bits per heavy atom. The van der Waals surface area contributed by atoms with Crippen LogP contribution in [0.3, 0.4) is 0 Å². The van der Waals surface area contributed by atoms with Crippen LogP contribution in [-0.2, 0) is 6.54 Å². The lowest BCUT2D eigenvalue weighted by molar-refractivity contribution is 0.0354. The first-order chi connectivity index (χ1) is 9.15. The topological polar surface area (TPSA) is 75.4 Å². The fraction of sp³-hybridized carbons (Fsp3) is 0.615. The molecule has 0 radical (unpaired) electrons. The second kappa shape index (κ2) is 5.97. The zero-order valence-corrected chi connectivity index (χ0v) is 11.1. The van der Waals surface area contributed by atoms with E-state index in [0.717, 1.165) is 12.8 Å². The summed E-state index contributed by atoms with van der Waals surface area (Å²) in [6.07, 6.45) is 1.83. The minimum absolute atomic E-state index is 0.104. The summed E-state index contributed by atoms with van der Waals surface area (Å²) in [5.74, 6) is 0.00453. The van der Waals surface area contributed by atoms with E-state index in [2.05, 4.69) is 5.10 Å². The maximum atomic E-state index is 12.1. The molecule has 1 N–H and O–H groups in total. The maximum absolute atomic E-state index is 12.1. The van der Waals surface area contributed by atoms with Crippen LogP contribution < -0.4 is 5.56 Å². The monoisotopic (exact) mass is 265 g/mol. The van der Waals surface area contributed by atoms with Gasteiger partial charge >= 0.3 is 0 Å². The SMILES string of the molecule is CCCCn1nc(C(=O)N2CC(CO)C2)ccc1=O. The molecular formula is C13H19N3O3. The van der Waals surface area contributed by atoms with Crippen molar-refractivity contribution in [3.8, 4) is 0 Å². The lowest BCUT2D eigenvalue weighted by atomic mass is 10.0. The van der Waals surface area contributed by atoms with E-state index >= 15 is 0 Å². The predicted molar refractivity (Wildman–Crippen MR) is 69.9 cm³/mol. The van der Waals surface area contributed by atoms with Gasteiger partial charge in [0.15, 0.2) is 0 Å². The van der Waals surface area contributed by atoms with Gasteiger partial charge in [-0.1, -0.05) is 13.3 Å². The van der Waals surface area contributed by atoms with Gasteiger partial charge in [-0.3, -0.25) is 9.59 Å². The number of rotatable bonds is 5. The van der Waals surface area contributed by atoms with E-state index in [-0.39, 0.29) is 24.0 Å². The van der Waals surface area contributed by atoms with E-state index in [4.69, 9.17) is 5.11 Å². The zero-order valence-electron chi connectivity index (χ0n) is 11.1. The Morgan fingerprint density at radius 3 is 2.84 bits per heavy atom. The largest absolute Gasteiger partial charge is 0.396 e. The van der Waals surface area contributed by atoms with Gasteiger partial charge in [-0.2, -0.15) is 5.10 Å². The van der Waals surface area contributed by atoms with Crippen molar-refractivity contribution in [2.24, 2.45) is 5.92 Å². The normalized spacial score (nSPS) is 15.4. The van der Waals surface area contributed by atoms with Crippen LogP contribution in [0.2, 0.25) is 0 Å². The van der Waals surface area contributed by atoms with Crippen molar-refractivity contribution in [2.75, 3.05) is 19.7 Å². The molecule has 1 aliphatic rings. The van der Waals surface area contributed by atoms with Gasteiger partial charge in [-0.15, -0.1) is 0 Å². The molecule has 6 nitrogen and oxygen atoms in total. The van der Waals surface area contributed by atoms with E-state index in [9.17, 15) is 9.59 Å². The second-order valence-electron chi connectivity index (χ2n) is 4.89. The van der Waals surface area contributed by atoms with Gasteiger partial charge in [-0.05, 0) is 12.5 Å². The standard InChI is InChI=1S/C13H19N3O3/c1-2-3-6-16-12(18)5-4-11(14-16)13(19)15-7-10(8-15)9-17/h4-5,10,17H,2-3,6-9H2,1H3. The number of likely N-dealkylation sites (tertiary alicyclic amines) is 1. The van der Waals surface area contributed by atoms with Crippen molar-refractivity contribution in [2.45, 2.75) is 26.3 Å². The highest BCUT2D eigenvalue weighted by atomic mass is 16.3. The Morgan fingerprint density at radius 1 is 1.47 bits per heavy atom. The van der Waals surface area contributed by atoms with Gasteiger partial charge in [0.25, 0.3) is 11.5 Å². The summed E-state index contributed by atoms with van der Waals surface area (Å²) in [6, 6.07) is 2.86. The molecule has 0 aliphatic carbocycles. The highest BCUT2D eigenvalue weighted by molar-refractivity contribution is 5.92. The average Bonchev–Trinajstić information content (AvgIpc) is 2.36. The Hall–Kier alpha value is -1.69. The van der Waals surface area contributed by atoms with Crippen molar-refractivity contribution < 1.29 is 9.90 Å². The van der Waals surface area contributed by atoms with Gasteiger partial charge in [-0.25, -0.2) is 4.68 Å². The van der Waals surface area contributed by atoms with E-state index in [1.165, 1.54) is 16.8 Å². The fourth-order valence-corrected chi connectivity index (χ4v) is 2.04. The van der Waals surface area contributed by atoms with Crippen LogP contribution in [0, 0.1) is 5.92 Å². The first-order valence-electron chi connectivity index (χ1n) is 6.64. The van der Waals surface area contributed by atoms with Gasteiger partial charge < -0.3 is 10.0 Å². The van der Waals surface area contributed by atoms with Crippen molar-refractivity contribution in [1.82, 2.24) is 14.7 Å². The van der Waals surface area contributed by atoms with Crippen LogP contribution in [0.5, 0.6) is 0 Å². The number of carbonyl (C=O) groups excluding carboxylic acids is 1. The van der Waals surface area contributed by atoms with Crippen LogP contribution >= 0.6 is 0 Å². The molecule has 1 amide bonds. The number of aromatic nitrogens is 2. The molecule has 6 heteroatoms. The lowest BCUT2D eigenvalue weighted by Crippen LogP contribution is -2.51. The minimum Gasteiger partial charge on any atom is -0.396 e. The molecule has 1 saturated heterocycles. The summed E-state index contributed by atoms with van der Waals surface area (Å²) >= 11 is 0. The quantitative estimate of drug-likeness (QED) is 0.819. The molecular weight excluding hydrogens is 246 g/mol. The van der Waals surface area contributed by atoms with E-state index in [0.29, 0.717) is 25.3 Å². The molecule has 0 unspecified atom stereocenters. The Bertz CT molecular complexity index is 506. The molecule has 2 heterocycles. The van der Waals surface area contributed by atoms with Crippen LogP contribution in [0.15, 0.2) is 16.9 Å². The number of hydrogen-bond acceptors (Lipinski definition) is 4. The van der Waals surface area contributed by atoms with Crippen molar-refractivity contribution in [1.29, 1.82) is 0 Å². The minimum atomic E-state index is -0.179. The van der Waals surface area contributed by atoms with Gasteiger partial charge in [0.1, 0.15) is 5.69 Å². The van der Waals surface area contributed by atoms with Crippen LogP contribution in [0.4, 0.5) is 0 Å². The molecule has 1 aromatic heterocycles. The number of carbonyl (C=O) groups is 1. The fourth-order valence-electron chi connectivity index (χ4n) is 2.04. The molecule has 1 aromatic rings. The Balaban J connectivity index is 2.08. The number of unbranched alkanes of at least 4 members (excludes halogenated alkanes) is 1. The molecule has 1 fully saturated rings. The van der Waals surface area contributed by atoms with E-state index in [1.54, 1.807) is 4.90 Å². The highest BCUT2D eigenvalue weighted by Gasteiger charge is 2.31. The number of aryl methyl sites for hydroxylation is 1. The van der Waals surface area contributed by atoms with Crippen LogP contribution in [0.25, 0.3) is 0 Å². The molecule has 2 rings (SSSR count). The van der Waals surface area contributed by atoms with E-state index in [1.807, 2.05) is 6.92 Å². The summed E-state index contributed by atoms with van der Waals surface area (Å²) < 4.78 is 1.35. The first-order valence-corrected chi connectivity index (χ1v) is 6.64. The summed E-state index contributed by atoms with van der Waals surface area (Å²) in [4.78, 5) is 25.3. The molecule has 19 heavy (non-hydrogen) atoms. The zero-order chi connectivity index (χ0) is 13.8. The molecule has 0 atom stereocenters. The third-order valence-electron chi connectivity index (χ3n) is 3.31. The Kier molecular flexibility index (Phi) is 4.31. The number of aliphatic hydroxyl groups is 1.